The maximum atomic E-state index is 12.9. The lowest BCUT2D eigenvalue weighted by molar-refractivity contribution is -0.162. The molecule has 0 radical (unpaired) electrons. The summed E-state index contributed by atoms with van der Waals surface area (Å²) in [6, 6.07) is 0. The fourth-order valence-electron chi connectivity index (χ4n) is 5.59. The SMILES string of the molecule is C=C(CCC(C(=O)OCCCCCCCC/C=C\C/C=C\CCCCC)C(=O)OCCCCCCCC/C=C\C/C=C\CCCCC)N(C)C. The van der Waals surface area contributed by atoms with E-state index in [1.54, 1.807) is 0 Å². The summed E-state index contributed by atoms with van der Waals surface area (Å²) in [6.07, 6.45) is 47.2. The van der Waals surface area contributed by atoms with Crippen LogP contribution >= 0.6 is 0 Å². The molecule has 0 aromatic heterocycles. The maximum absolute atomic E-state index is 12.9. The second-order valence-electron chi connectivity index (χ2n) is 14.1. The van der Waals surface area contributed by atoms with E-state index in [1.165, 1.54) is 89.9 Å². The summed E-state index contributed by atoms with van der Waals surface area (Å²) >= 11 is 0. The van der Waals surface area contributed by atoms with E-state index in [4.69, 9.17) is 9.47 Å². The zero-order chi connectivity index (χ0) is 36.8. The Hall–Kier alpha value is -2.56. The zero-order valence-electron chi connectivity index (χ0n) is 33.3. The number of rotatable bonds is 36. The van der Waals surface area contributed by atoms with Gasteiger partial charge < -0.3 is 14.4 Å². The van der Waals surface area contributed by atoms with Crippen LogP contribution in [0.3, 0.4) is 0 Å². The largest absolute Gasteiger partial charge is 0.465 e. The molecule has 0 fully saturated rings. The van der Waals surface area contributed by atoms with E-state index in [-0.39, 0.29) is 0 Å². The van der Waals surface area contributed by atoms with E-state index in [9.17, 15) is 9.59 Å². The third-order valence-corrected chi connectivity index (χ3v) is 9.10. The van der Waals surface area contributed by atoms with Crippen LogP contribution in [0, 0.1) is 5.92 Å². The molecule has 50 heavy (non-hydrogen) atoms. The quantitative estimate of drug-likeness (QED) is 0.0282. The van der Waals surface area contributed by atoms with Gasteiger partial charge in [-0.3, -0.25) is 9.59 Å². The van der Waals surface area contributed by atoms with Gasteiger partial charge in [0, 0.05) is 19.8 Å². The molecule has 0 aromatic carbocycles. The molecular weight excluding hydrogens is 618 g/mol. The molecule has 0 atom stereocenters. The van der Waals surface area contributed by atoms with Crippen molar-refractivity contribution in [2.45, 2.75) is 181 Å². The van der Waals surface area contributed by atoms with Crippen LogP contribution in [0.1, 0.15) is 181 Å². The predicted molar refractivity (Wildman–Crippen MR) is 216 cm³/mol. The summed E-state index contributed by atoms with van der Waals surface area (Å²) < 4.78 is 11.1. The van der Waals surface area contributed by atoms with Crippen LogP contribution in [0.15, 0.2) is 60.9 Å². The highest BCUT2D eigenvalue weighted by Gasteiger charge is 2.29. The van der Waals surface area contributed by atoms with E-state index in [1.807, 2.05) is 19.0 Å². The molecule has 288 valence electrons. The molecule has 0 aromatic rings. The van der Waals surface area contributed by atoms with Crippen LogP contribution in [0.4, 0.5) is 0 Å². The number of allylic oxidation sites excluding steroid dienone is 9. The van der Waals surface area contributed by atoms with E-state index in [0.29, 0.717) is 26.1 Å². The van der Waals surface area contributed by atoms with Gasteiger partial charge in [-0.05, 0) is 89.9 Å². The number of esters is 2. The molecule has 0 N–H and O–H groups in total. The number of hydrogen-bond acceptors (Lipinski definition) is 5. The van der Waals surface area contributed by atoms with Gasteiger partial charge in [-0.1, -0.05) is 146 Å². The van der Waals surface area contributed by atoms with Crippen molar-refractivity contribution in [3.8, 4) is 0 Å². The molecule has 0 unspecified atom stereocenters. The highest BCUT2D eigenvalue weighted by atomic mass is 16.6. The summed E-state index contributed by atoms with van der Waals surface area (Å²) in [6.45, 7) is 9.26. The first-order valence-corrected chi connectivity index (χ1v) is 20.7. The van der Waals surface area contributed by atoms with E-state index < -0.39 is 17.9 Å². The summed E-state index contributed by atoms with van der Waals surface area (Å²) in [5, 5.41) is 0. The number of ether oxygens (including phenoxy) is 2. The lowest BCUT2D eigenvalue weighted by Crippen LogP contribution is -2.29. The minimum Gasteiger partial charge on any atom is -0.465 e. The standard InChI is InChI=1S/C45H79NO4/c1-6-8-10-12-14-16-18-20-22-24-26-28-30-32-34-36-40-49-44(47)43(39-38-42(3)46(4)5)45(48)50-41-37-35-33-31-29-27-25-23-21-19-17-15-13-11-9-7-2/h14-17,20-23,43H,3,6-13,18-19,24-41H2,1-2,4-5H3/b16-14-,17-15-,22-20-,23-21-. The Labute approximate surface area is 310 Å². The third-order valence-electron chi connectivity index (χ3n) is 9.10. The van der Waals surface area contributed by atoms with E-state index in [2.05, 4.69) is 69.0 Å². The van der Waals surface area contributed by atoms with E-state index >= 15 is 0 Å². The van der Waals surface area contributed by atoms with Gasteiger partial charge in [0.1, 0.15) is 0 Å². The van der Waals surface area contributed by atoms with Gasteiger partial charge in [-0.25, -0.2) is 0 Å². The van der Waals surface area contributed by atoms with Crippen molar-refractivity contribution in [3.05, 3.63) is 60.9 Å². The summed E-state index contributed by atoms with van der Waals surface area (Å²) in [7, 11) is 3.84. The molecule has 0 saturated carbocycles. The van der Waals surface area contributed by atoms with Crippen LogP contribution < -0.4 is 0 Å². The van der Waals surface area contributed by atoms with Gasteiger partial charge in [0.05, 0.1) is 13.2 Å². The van der Waals surface area contributed by atoms with Crippen molar-refractivity contribution in [1.29, 1.82) is 0 Å². The summed E-state index contributed by atoms with van der Waals surface area (Å²) in [4.78, 5) is 27.8. The first-order valence-electron chi connectivity index (χ1n) is 20.7. The summed E-state index contributed by atoms with van der Waals surface area (Å²) in [5.41, 5.74) is 0.880. The average Bonchev–Trinajstić information content (AvgIpc) is 3.10. The smallest absolute Gasteiger partial charge is 0.320 e. The molecule has 0 aliphatic rings. The molecule has 0 heterocycles. The highest BCUT2D eigenvalue weighted by molar-refractivity contribution is 5.94. The van der Waals surface area contributed by atoms with Crippen LogP contribution in [0.2, 0.25) is 0 Å². The van der Waals surface area contributed by atoms with Crippen LogP contribution in [-0.4, -0.2) is 44.1 Å². The van der Waals surface area contributed by atoms with Gasteiger partial charge in [-0.15, -0.1) is 0 Å². The molecule has 0 saturated heterocycles. The minimum absolute atomic E-state index is 0.359. The molecule has 0 spiro atoms. The lowest BCUT2D eigenvalue weighted by Gasteiger charge is -2.19. The van der Waals surface area contributed by atoms with Gasteiger partial charge in [0.25, 0.3) is 0 Å². The Bertz CT molecular complexity index is 854. The Morgan fingerprint density at radius 2 is 0.860 bits per heavy atom. The Balaban J connectivity index is 4.09. The van der Waals surface area contributed by atoms with Gasteiger partial charge in [0.2, 0.25) is 0 Å². The Morgan fingerprint density at radius 3 is 1.22 bits per heavy atom. The lowest BCUT2D eigenvalue weighted by atomic mass is 10.0. The van der Waals surface area contributed by atoms with Crippen molar-refractivity contribution >= 4 is 11.9 Å². The molecule has 0 bridgehead atoms. The van der Waals surface area contributed by atoms with Gasteiger partial charge in [0.15, 0.2) is 5.92 Å². The Morgan fingerprint density at radius 1 is 0.520 bits per heavy atom. The first-order chi connectivity index (χ1) is 24.4. The third kappa shape index (κ3) is 32.6. The molecule has 0 aliphatic heterocycles. The minimum atomic E-state index is -0.888. The normalized spacial score (nSPS) is 11.9. The molecule has 5 nitrogen and oxygen atoms in total. The van der Waals surface area contributed by atoms with Crippen molar-refractivity contribution in [1.82, 2.24) is 4.90 Å². The fourth-order valence-corrected chi connectivity index (χ4v) is 5.59. The van der Waals surface area contributed by atoms with Gasteiger partial charge in [-0.2, -0.15) is 0 Å². The molecular formula is C45H79NO4. The second kappa shape index (κ2) is 37.7. The van der Waals surface area contributed by atoms with Crippen LogP contribution in [0.25, 0.3) is 0 Å². The molecule has 0 aliphatic carbocycles. The van der Waals surface area contributed by atoms with Crippen molar-refractivity contribution < 1.29 is 19.1 Å². The fraction of sp³-hybridized carbons (Fsp3) is 0.733. The van der Waals surface area contributed by atoms with Gasteiger partial charge >= 0.3 is 11.9 Å². The van der Waals surface area contributed by atoms with E-state index in [0.717, 1.165) is 69.9 Å². The molecule has 0 amide bonds. The monoisotopic (exact) mass is 698 g/mol. The number of unbranched alkanes of at least 4 members (excludes halogenated alkanes) is 18. The first kappa shape index (κ1) is 47.4. The second-order valence-corrected chi connectivity index (χ2v) is 14.1. The average molecular weight is 698 g/mol. The number of nitrogens with zero attached hydrogens (tertiary/aromatic N) is 1. The Kier molecular flexibility index (Phi) is 35.8. The maximum Gasteiger partial charge on any atom is 0.320 e. The van der Waals surface area contributed by atoms with Crippen molar-refractivity contribution in [3.63, 3.8) is 0 Å². The topological polar surface area (TPSA) is 55.8 Å². The number of carbonyl (C=O) groups excluding carboxylic acids is 2. The summed E-state index contributed by atoms with van der Waals surface area (Å²) in [5.74, 6) is -1.80. The zero-order valence-corrected chi connectivity index (χ0v) is 33.3. The predicted octanol–water partition coefficient (Wildman–Crippen LogP) is 13.2. The van der Waals surface area contributed by atoms with Crippen molar-refractivity contribution in [2.24, 2.45) is 5.92 Å². The van der Waals surface area contributed by atoms with Crippen LogP contribution in [-0.2, 0) is 19.1 Å². The molecule has 5 heteroatoms. The molecule has 0 rings (SSSR count). The van der Waals surface area contributed by atoms with Crippen LogP contribution in [0.5, 0.6) is 0 Å². The van der Waals surface area contributed by atoms with Crippen molar-refractivity contribution in [2.75, 3.05) is 27.3 Å². The number of carbonyl (C=O) groups is 2. The number of hydrogen-bond donors (Lipinski definition) is 0. The highest BCUT2D eigenvalue weighted by Crippen LogP contribution is 2.18.